The highest BCUT2D eigenvalue weighted by Gasteiger charge is 2.46. The molecule has 2 bridgehead atoms. The Morgan fingerprint density at radius 2 is 1.64 bits per heavy atom. The number of aliphatic hydroxyl groups excluding tert-OH is 1. The molecular formula is C50H56Cl2FN7O6. The van der Waals surface area contributed by atoms with Gasteiger partial charge in [-0.1, -0.05) is 65.7 Å². The molecule has 4 amide bonds. The number of halogens is 3. The number of aromatic nitrogens is 2. The maximum atomic E-state index is 16.3. The minimum absolute atomic E-state index is 0.00802. The van der Waals surface area contributed by atoms with Crippen LogP contribution in [0.2, 0.25) is 10.0 Å². The van der Waals surface area contributed by atoms with Crippen molar-refractivity contribution in [1.82, 2.24) is 34.5 Å². The number of fused-ring (bicyclic) bond motifs is 2. The van der Waals surface area contributed by atoms with Gasteiger partial charge in [0.1, 0.15) is 35.2 Å². The number of imidazole rings is 1. The van der Waals surface area contributed by atoms with Gasteiger partial charge in [-0.25, -0.2) is 9.37 Å². The van der Waals surface area contributed by atoms with Crippen LogP contribution in [0.4, 0.5) is 4.39 Å². The molecule has 348 valence electrons. The number of ether oxygens (including phenoxy) is 1. The number of carbonyl (C=O) groups is 4. The molecular weight excluding hydrogens is 884 g/mol. The zero-order chi connectivity index (χ0) is 47.3. The Morgan fingerprint density at radius 1 is 0.924 bits per heavy atom. The fraction of sp³-hybridized carbons (Fsp3) is 0.380. The van der Waals surface area contributed by atoms with E-state index in [2.05, 4.69) is 10.3 Å². The zero-order valence-electron chi connectivity index (χ0n) is 37.8. The molecule has 1 aromatic heterocycles. The summed E-state index contributed by atoms with van der Waals surface area (Å²) in [6.07, 6.45) is 3.12. The van der Waals surface area contributed by atoms with Gasteiger partial charge in [0.15, 0.2) is 0 Å². The SMILES string of the molecule is C[C@H]1C(=O)N[C@@H](CO)C(=O)N(C)[C@@]2(Cc3ccc(Cl)cc3)CCCN(C2)C(=O)[C@H](Cc2ccccc2)CC(=O)N1Cc1c(F)cc(Cl)cc1Oc1ccc(-c2cnc(CN(C)C)n2C)cc1. The molecule has 5 aromatic rings. The van der Waals surface area contributed by atoms with Crippen LogP contribution < -0.4 is 10.1 Å². The molecule has 0 unspecified atom stereocenters. The van der Waals surface area contributed by atoms with Crippen LogP contribution in [0.1, 0.15) is 48.7 Å². The van der Waals surface area contributed by atoms with Crippen LogP contribution in [0.5, 0.6) is 11.5 Å². The highest BCUT2D eigenvalue weighted by atomic mass is 35.5. The van der Waals surface area contributed by atoms with Gasteiger partial charge in [0.05, 0.1) is 43.0 Å². The fourth-order valence-corrected chi connectivity index (χ4v) is 9.36. The summed E-state index contributed by atoms with van der Waals surface area (Å²) < 4.78 is 24.6. The van der Waals surface area contributed by atoms with E-state index in [0.29, 0.717) is 43.1 Å². The Kier molecular flexibility index (Phi) is 15.2. The van der Waals surface area contributed by atoms with Gasteiger partial charge in [-0.3, -0.25) is 19.2 Å². The monoisotopic (exact) mass is 939 g/mol. The molecule has 13 nitrogen and oxygen atoms in total. The third-order valence-electron chi connectivity index (χ3n) is 12.8. The molecule has 2 saturated heterocycles. The summed E-state index contributed by atoms with van der Waals surface area (Å²) in [5, 5.41) is 13.9. The molecule has 2 fully saturated rings. The average molecular weight is 941 g/mol. The quantitative estimate of drug-likeness (QED) is 0.138. The van der Waals surface area contributed by atoms with Gasteiger partial charge in [0, 0.05) is 54.8 Å². The molecule has 0 spiro atoms. The molecule has 7 rings (SSSR count). The number of benzene rings is 4. The first-order chi connectivity index (χ1) is 31.5. The lowest BCUT2D eigenvalue weighted by molar-refractivity contribution is -0.152. The molecule has 2 aliphatic rings. The Morgan fingerprint density at radius 3 is 2.32 bits per heavy atom. The van der Waals surface area contributed by atoms with E-state index in [4.69, 9.17) is 27.9 Å². The minimum Gasteiger partial charge on any atom is -0.457 e. The number of nitrogens with one attached hydrogen (secondary N) is 1. The molecule has 4 atom stereocenters. The summed E-state index contributed by atoms with van der Waals surface area (Å²) in [5.74, 6) is -2.65. The largest absolute Gasteiger partial charge is 0.457 e. The highest BCUT2D eigenvalue weighted by molar-refractivity contribution is 6.31. The number of carbonyl (C=O) groups excluding carboxylic acids is 4. The van der Waals surface area contributed by atoms with Gasteiger partial charge in [-0.2, -0.15) is 0 Å². The van der Waals surface area contributed by atoms with E-state index in [-0.39, 0.29) is 41.6 Å². The Bertz CT molecular complexity index is 2540. The topological polar surface area (TPSA) is 141 Å². The van der Waals surface area contributed by atoms with Crippen molar-refractivity contribution in [2.24, 2.45) is 13.0 Å². The first-order valence-corrected chi connectivity index (χ1v) is 22.8. The maximum absolute atomic E-state index is 16.3. The average Bonchev–Trinajstić information content (AvgIpc) is 3.65. The zero-order valence-corrected chi connectivity index (χ0v) is 39.4. The molecule has 0 aliphatic carbocycles. The van der Waals surface area contributed by atoms with Crippen molar-refractivity contribution >= 4 is 46.8 Å². The van der Waals surface area contributed by atoms with Crippen LogP contribution in [0.25, 0.3) is 11.3 Å². The van der Waals surface area contributed by atoms with E-state index < -0.39 is 60.2 Å². The third-order valence-corrected chi connectivity index (χ3v) is 13.3. The minimum atomic E-state index is -1.40. The molecule has 66 heavy (non-hydrogen) atoms. The second kappa shape index (κ2) is 20.8. The van der Waals surface area contributed by atoms with Crippen molar-refractivity contribution in [2.75, 3.05) is 40.8 Å². The van der Waals surface area contributed by atoms with Crippen LogP contribution in [0.3, 0.4) is 0 Å². The molecule has 0 saturated carbocycles. The molecule has 2 aliphatic heterocycles. The number of aliphatic hydroxyl groups is 1. The lowest BCUT2D eigenvalue weighted by atomic mass is 9.80. The molecule has 2 N–H and O–H groups in total. The van der Waals surface area contributed by atoms with E-state index in [1.165, 1.54) is 17.9 Å². The molecule has 0 radical (unpaired) electrons. The summed E-state index contributed by atoms with van der Waals surface area (Å²) in [5.41, 5.74) is 2.47. The van der Waals surface area contributed by atoms with Crippen LogP contribution in [0.15, 0.2) is 97.2 Å². The highest BCUT2D eigenvalue weighted by Crippen LogP contribution is 2.36. The van der Waals surface area contributed by atoms with Crippen molar-refractivity contribution < 1.29 is 33.4 Å². The van der Waals surface area contributed by atoms with Gasteiger partial charge >= 0.3 is 0 Å². The van der Waals surface area contributed by atoms with Gasteiger partial charge in [0.25, 0.3) is 0 Å². The number of hydrogen-bond donors (Lipinski definition) is 2. The summed E-state index contributed by atoms with van der Waals surface area (Å²) in [6, 6.07) is 23.6. The Hall–Kier alpha value is -5.80. The molecule has 16 heteroatoms. The summed E-state index contributed by atoms with van der Waals surface area (Å²) in [6.45, 7) is 1.44. The lowest BCUT2D eigenvalue weighted by Crippen LogP contribution is -2.65. The van der Waals surface area contributed by atoms with Crippen LogP contribution >= 0.6 is 23.2 Å². The standard InChI is InChI=1S/C50H56Cl2FN7O6/c1-32-47(63)55-42(30-61)49(65)58(5)50(26-34-12-16-37(51)17-13-34)20-9-21-59(31-50)48(64)36(22-33-10-7-6-8-11-33)23-46(62)60(32)28-40-41(53)24-38(52)25-44(40)66-39-18-14-35(15-19-39)43-27-54-45(57(43)4)29-56(2)3/h6-8,10-19,24-25,27,32,36,42,61H,9,20-23,26,28-31H2,1-5H3,(H,55,63)/t32-,36+,42-,50+/m0/s1. The number of rotatable bonds is 12. The second-order valence-electron chi connectivity index (χ2n) is 17.7. The maximum Gasteiger partial charge on any atom is 0.247 e. The number of hydrogen-bond acceptors (Lipinski definition) is 8. The summed E-state index contributed by atoms with van der Waals surface area (Å²) >= 11 is 12.6. The summed E-state index contributed by atoms with van der Waals surface area (Å²) in [7, 11) is 7.52. The number of piperidine rings is 1. The Balaban J connectivity index is 1.24. The van der Waals surface area contributed by atoms with Gasteiger partial charge in [-0.05, 0) is 106 Å². The Labute approximate surface area is 395 Å². The van der Waals surface area contributed by atoms with Crippen LogP contribution in [0, 0.1) is 11.7 Å². The second-order valence-corrected chi connectivity index (χ2v) is 18.5. The molecule has 3 heterocycles. The van der Waals surface area contributed by atoms with Gasteiger partial charge in [0.2, 0.25) is 23.6 Å². The van der Waals surface area contributed by atoms with Crippen LogP contribution in [-0.4, -0.2) is 116 Å². The van der Waals surface area contributed by atoms with Gasteiger partial charge in [-0.15, -0.1) is 0 Å². The van der Waals surface area contributed by atoms with Crippen molar-refractivity contribution in [3.05, 3.63) is 136 Å². The number of nitrogens with zero attached hydrogens (tertiary/aromatic N) is 6. The predicted octanol–water partition coefficient (Wildman–Crippen LogP) is 6.91. The first-order valence-electron chi connectivity index (χ1n) is 22.0. The third kappa shape index (κ3) is 10.9. The van der Waals surface area contributed by atoms with Crippen molar-refractivity contribution in [1.29, 1.82) is 0 Å². The van der Waals surface area contributed by atoms with E-state index in [9.17, 15) is 24.3 Å². The lowest BCUT2D eigenvalue weighted by Gasteiger charge is -2.50. The molecule has 4 aromatic carbocycles. The smallest absolute Gasteiger partial charge is 0.247 e. The predicted molar refractivity (Wildman–Crippen MR) is 251 cm³/mol. The van der Waals surface area contributed by atoms with E-state index >= 15 is 4.39 Å². The van der Waals surface area contributed by atoms with Crippen molar-refractivity contribution in [2.45, 2.75) is 69.7 Å². The fourth-order valence-electron chi connectivity index (χ4n) is 9.04. The number of likely N-dealkylation sites (N-methyl/N-ethyl adjacent to an activating group) is 1. The summed E-state index contributed by atoms with van der Waals surface area (Å²) in [4.78, 5) is 69.7. The first kappa shape index (κ1) is 48.1. The van der Waals surface area contributed by atoms with Crippen molar-refractivity contribution in [3.8, 4) is 22.8 Å². The van der Waals surface area contributed by atoms with E-state index in [1.54, 1.807) is 47.3 Å². The number of amides is 4. The van der Waals surface area contributed by atoms with Gasteiger partial charge < -0.3 is 39.3 Å². The van der Waals surface area contributed by atoms with E-state index in [0.717, 1.165) is 34.3 Å². The van der Waals surface area contributed by atoms with Crippen molar-refractivity contribution in [3.63, 3.8) is 0 Å². The van der Waals surface area contributed by atoms with E-state index in [1.807, 2.05) is 85.2 Å². The van der Waals surface area contributed by atoms with Crippen LogP contribution in [-0.2, 0) is 52.2 Å². The normalized spacial score (nSPS) is 21.0.